The monoisotopic (exact) mass is 578 g/mol. The summed E-state index contributed by atoms with van der Waals surface area (Å²) in [5.74, 6) is 0. The van der Waals surface area contributed by atoms with Crippen molar-refractivity contribution in [3.8, 4) is 22.5 Å². The lowest BCUT2D eigenvalue weighted by Gasteiger charge is -2.13. The zero-order valence-corrected chi connectivity index (χ0v) is 24.8. The number of hydrogen-bond donors (Lipinski definition) is 0. The second-order valence-corrected chi connectivity index (χ2v) is 11.8. The van der Waals surface area contributed by atoms with Crippen LogP contribution in [0, 0.1) is 0 Å². The molecule has 45 heavy (non-hydrogen) atoms. The van der Waals surface area contributed by atoms with Gasteiger partial charge in [0.05, 0.1) is 33.3 Å². The van der Waals surface area contributed by atoms with Crippen LogP contribution in [0.25, 0.3) is 61.5 Å². The van der Waals surface area contributed by atoms with Crippen LogP contribution in [-0.4, -0.2) is 19.1 Å². The van der Waals surface area contributed by atoms with Crippen molar-refractivity contribution in [3.05, 3.63) is 162 Å². The van der Waals surface area contributed by atoms with Crippen molar-refractivity contribution < 1.29 is 0 Å². The van der Waals surface area contributed by atoms with E-state index < -0.39 is 0 Å². The zero-order valence-electron chi connectivity index (χ0n) is 24.8. The van der Waals surface area contributed by atoms with Crippen molar-refractivity contribution in [2.45, 2.75) is 19.3 Å². The quantitative estimate of drug-likeness (QED) is 0.204. The number of hydrogen-bond acceptors (Lipinski definition) is 2. The number of aromatic nitrogens is 4. The summed E-state index contributed by atoms with van der Waals surface area (Å²) >= 11 is 0. The number of pyridine rings is 2. The fourth-order valence-corrected chi connectivity index (χ4v) is 7.00. The Morgan fingerprint density at radius 3 is 1.87 bits per heavy atom. The molecule has 4 heterocycles. The number of benzene rings is 4. The minimum absolute atomic E-state index is 0.890. The number of nitrogens with zero attached hydrogens (tertiary/aromatic N) is 4. The van der Waals surface area contributed by atoms with Gasteiger partial charge in [-0.1, -0.05) is 72.8 Å². The molecule has 4 nitrogen and oxygen atoms in total. The van der Waals surface area contributed by atoms with Gasteiger partial charge < -0.3 is 9.13 Å². The maximum atomic E-state index is 4.72. The fourth-order valence-electron chi connectivity index (χ4n) is 7.00. The van der Waals surface area contributed by atoms with Gasteiger partial charge in [-0.25, -0.2) is 0 Å². The smallest absolute Gasteiger partial charge is 0.0963 e. The van der Waals surface area contributed by atoms with Gasteiger partial charge in [-0.2, -0.15) is 0 Å². The van der Waals surface area contributed by atoms with Crippen molar-refractivity contribution >= 4 is 39.0 Å². The van der Waals surface area contributed by atoms with Crippen LogP contribution >= 0.6 is 0 Å². The highest BCUT2D eigenvalue weighted by Gasteiger charge is 2.19. The fraction of sp³-hybridized carbons (Fsp3) is 0.0732. The second kappa shape index (κ2) is 10.5. The molecule has 0 atom stereocenters. The van der Waals surface area contributed by atoms with E-state index >= 15 is 0 Å². The number of allylic oxidation sites excluding steroid dienone is 1. The Morgan fingerprint density at radius 1 is 0.533 bits per heavy atom. The first-order valence-corrected chi connectivity index (χ1v) is 15.6. The maximum Gasteiger partial charge on any atom is 0.0963 e. The molecule has 0 fully saturated rings. The van der Waals surface area contributed by atoms with E-state index in [0.717, 1.165) is 41.5 Å². The molecular formula is C41H30N4. The van der Waals surface area contributed by atoms with E-state index in [1.165, 1.54) is 55.6 Å². The summed E-state index contributed by atoms with van der Waals surface area (Å²) in [6.07, 6.45) is 11.3. The van der Waals surface area contributed by atoms with Crippen molar-refractivity contribution in [1.82, 2.24) is 19.1 Å². The molecule has 0 saturated carbocycles. The largest absolute Gasteiger partial charge is 0.308 e. The van der Waals surface area contributed by atoms with E-state index in [4.69, 9.17) is 4.98 Å². The van der Waals surface area contributed by atoms with Crippen molar-refractivity contribution in [2.75, 3.05) is 0 Å². The molecule has 0 saturated heterocycles. The van der Waals surface area contributed by atoms with Gasteiger partial charge in [-0.05, 0) is 102 Å². The first-order chi connectivity index (χ1) is 22.3. The molecule has 4 aromatic carbocycles. The summed E-state index contributed by atoms with van der Waals surface area (Å²) in [6.45, 7) is 0. The molecule has 1 aliphatic rings. The van der Waals surface area contributed by atoms with E-state index in [-0.39, 0.29) is 0 Å². The molecule has 4 heteroatoms. The normalized spacial score (nSPS) is 12.7. The molecule has 0 aliphatic heterocycles. The van der Waals surface area contributed by atoms with Gasteiger partial charge in [0.15, 0.2) is 0 Å². The molecule has 0 unspecified atom stereocenters. The third-order valence-corrected chi connectivity index (χ3v) is 9.14. The van der Waals surface area contributed by atoms with Gasteiger partial charge in [0.2, 0.25) is 0 Å². The minimum atomic E-state index is 0.890. The van der Waals surface area contributed by atoms with Gasteiger partial charge in [0, 0.05) is 34.7 Å². The summed E-state index contributed by atoms with van der Waals surface area (Å²) in [5, 5.41) is 1.18. The van der Waals surface area contributed by atoms with Crippen LogP contribution in [0.3, 0.4) is 0 Å². The number of rotatable bonds is 5. The van der Waals surface area contributed by atoms with Gasteiger partial charge in [-0.15, -0.1) is 0 Å². The molecule has 9 rings (SSSR count). The van der Waals surface area contributed by atoms with E-state index in [2.05, 4.69) is 135 Å². The Labute approximate surface area is 261 Å². The van der Waals surface area contributed by atoms with Gasteiger partial charge in [0.25, 0.3) is 0 Å². The molecule has 1 aliphatic carbocycles. The van der Waals surface area contributed by atoms with Crippen LogP contribution in [0.1, 0.15) is 28.8 Å². The zero-order chi connectivity index (χ0) is 29.7. The number of para-hydroxylation sites is 1. The molecule has 0 radical (unpaired) electrons. The van der Waals surface area contributed by atoms with Gasteiger partial charge >= 0.3 is 0 Å². The SMILES string of the molecule is C1=Cc2c(c3ncccc3n2-c2ccc(-c3ccc(Cc4ccc(-n5c6ccccc6c6ncccc65)cc4)cc3)cc2)CC1. The first-order valence-electron chi connectivity index (χ1n) is 15.6. The number of aryl methyl sites for hydroxylation is 1. The van der Waals surface area contributed by atoms with Crippen LogP contribution in [0.5, 0.6) is 0 Å². The average Bonchev–Trinajstić information content (AvgIpc) is 3.62. The summed E-state index contributed by atoms with van der Waals surface area (Å²) in [6, 6.07) is 43.7. The standard InChI is InChI=1S/C41H30N4/c1-3-9-36-34(7-1)40-38(11-5-25-42-40)44(36)32-21-15-29(16-22-32)27-28-13-17-30(18-14-28)31-19-23-33(24-20-31)45-37-10-4-2-8-35(37)41-39(45)12-6-26-43-41/h1,3-7,9-26H,2,8,27H2. The lowest BCUT2D eigenvalue weighted by molar-refractivity contribution is 0.966. The van der Waals surface area contributed by atoms with E-state index in [9.17, 15) is 0 Å². The van der Waals surface area contributed by atoms with Crippen molar-refractivity contribution in [2.24, 2.45) is 0 Å². The van der Waals surface area contributed by atoms with Crippen LogP contribution < -0.4 is 0 Å². The minimum Gasteiger partial charge on any atom is -0.308 e. The van der Waals surface area contributed by atoms with Crippen LogP contribution in [0.4, 0.5) is 0 Å². The highest BCUT2D eigenvalue weighted by molar-refractivity contribution is 6.06. The predicted octanol–water partition coefficient (Wildman–Crippen LogP) is 9.73. The van der Waals surface area contributed by atoms with Crippen LogP contribution in [0.15, 0.2) is 140 Å². The van der Waals surface area contributed by atoms with E-state index in [0.29, 0.717) is 0 Å². The van der Waals surface area contributed by atoms with Gasteiger partial charge in [-0.3, -0.25) is 9.97 Å². The molecule has 0 amide bonds. The summed E-state index contributed by atoms with van der Waals surface area (Å²) < 4.78 is 4.66. The van der Waals surface area contributed by atoms with E-state index in [1.807, 2.05) is 24.5 Å². The Bertz CT molecular complexity index is 2320. The molecule has 214 valence electrons. The molecule has 0 spiro atoms. The number of fused-ring (bicyclic) bond motifs is 6. The summed E-state index contributed by atoms with van der Waals surface area (Å²) in [4.78, 5) is 9.40. The molecule has 0 N–H and O–H groups in total. The Balaban J connectivity index is 0.959. The Kier molecular flexibility index (Phi) is 5.98. The highest BCUT2D eigenvalue weighted by atomic mass is 15.0. The van der Waals surface area contributed by atoms with Crippen LogP contribution in [-0.2, 0) is 12.8 Å². The Morgan fingerprint density at radius 2 is 1.11 bits per heavy atom. The highest BCUT2D eigenvalue weighted by Crippen LogP contribution is 2.34. The molecule has 4 aromatic heterocycles. The van der Waals surface area contributed by atoms with Gasteiger partial charge in [0.1, 0.15) is 0 Å². The predicted molar refractivity (Wildman–Crippen MR) is 185 cm³/mol. The second-order valence-electron chi connectivity index (χ2n) is 11.8. The molecular weight excluding hydrogens is 548 g/mol. The lowest BCUT2D eigenvalue weighted by Crippen LogP contribution is -2.00. The molecule has 0 bridgehead atoms. The average molecular weight is 579 g/mol. The van der Waals surface area contributed by atoms with E-state index in [1.54, 1.807) is 0 Å². The molecule has 8 aromatic rings. The van der Waals surface area contributed by atoms with Crippen molar-refractivity contribution in [3.63, 3.8) is 0 Å². The third kappa shape index (κ3) is 4.29. The summed E-state index contributed by atoms with van der Waals surface area (Å²) in [7, 11) is 0. The van der Waals surface area contributed by atoms with Crippen LogP contribution in [0.2, 0.25) is 0 Å². The topological polar surface area (TPSA) is 35.6 Å². The Hall–Kier alpha value is -5.74. The van der Waals surface area contributed by atoms with Crippen molar-refractivity contribution in [1.29, 1.82) is 0 Å². The lowest BCUT2D eigenvalue weighted by atomic mass is 10.00. The third-order valence-electron chi connectivity index (χ3n) is 9.14. The summed E-state index contributed by atoms with van der Waals surface area (Å²) in [5.41, 5.74) is 15.6. The maximum absolute atomic E-state index is 4.72. The first kappa shape index (κ1) is 25.7.